The first-order valence-electron chi connectivity index (χ1n) is 23.8. The minimum absolute atomic E-state index is 0.227. The monoisotopic (exact) mass is 784 g/mol. The molecule has 0 rings (SSSR count). The largest absolute Gasteiger partial charge is 0.456 e. The third kappa shape index (κ3) is 42.1. The summed E-state index contributed by atoms with van der Waals surface area (Å²) in [6.07, 6.45) is 39.9. The van der Waals surface area contributed by atoms with Crippen molar-refractivity contribution in [3.05, 3.63) is 0 Å². The number of carbonyl (C=O) groups excluding carboxylic acids is 2. The van der Waals surface area contributed by atoms with E-state index in [1.807, 2.05) is 0 Å². The average Bonchev–Trinajstić information content (AvgIpc) is 3.18. The molecule has 55 heavy (non-hydrogen) atoms. The van der Waals surface area contributed by atoms with Gasteiger partial charge in [0.2, 0.25) is 0 Å². The zero-order valence-electron chi connectivity index (χ0n) is 37.1. The van der Waals surface area contributed by atoms with Crippen LogP contribution in [0, 0.1) is 0 Å². The van der Waals surface area contributed by atoms with E-state index in [0.29, 0.717) is 45.8 Å². The van der Waals surface area contributed by atoms with Crippen molar-refractivity contribution in [3.63, 3.8) is 0 Å². The van der Waals surface area contributed by atoms with E-state index in [2.05, 4.69) is 19.2 Å². The summed E-state index contributed by atoms with van der Waals surface area (Å²) in [7, 11) is 1.64. The first kappa shape index (κ1) is 53.6. The van der Waals surface area contributed by atoms with Crippen LogP contribution in [-0.4, -0.2) is 71.0 Å². The molecule has 0 spiro atoms. The first-order chi connectivity index (χ1) is 27.0. The summed E-state index contributed by atoms with van der Waals surface area (Å²) in [6.45, 7) is 9.24. The molecule has 0 saturated carbocycles. The van der Waals surface area contributed by atoms with Gasteiger partial charge in [-0.15, -0.1) is 0 Å². The van der Waals surface area contributed by atoms with Gasteiger partial charge in [-0.3, -0.25) is 4.79 Å². The van der Waals surface area contributed by atoms with Crippen molar-refractivity contribution in [2.75, 3.05) is 46.7 Å². The van der Waals surface area contributed by atoms with Gasteiger partial charge in [-0.25, -0.2) is 4.79 Å². The third-order valence-electron chi connectivity index (χ3n) is 10.7. The number of ether oxygens (including phenoxy) is 5. The second-order valence-electron chi connectivity index (χ2n) is 16.1. The molecule has 0 fully saturated rings. The third-order valence-corrected chi connectivity index (χ3v) is 10.7. The van der Waals surface area contributed by atoms with Gasteiger partial charge in [-0.2, -0.15) is 0 Å². The van der Waals surface area contributed by atoms with Crippen molar-refractivity contribution in [1.29, 1.82) is 0 Å². The highest BCUT2D eigenvalue weighted by Crippen LogP contribution is 2.16. The summed E-state index contributed by atoms with van der Waals surface area (Å²) >= 11 is 0. The van der Waals surface area contributed by atoms with E-state index in [1.165, 1.54) is 167 Å². The fraction of sp³-hybridized carbons (Fsp3) is 0.957. The van der Waals surface area contributed by atoms with Crippen LogP contribution in [0.25, 0.3) is 0 Å². The van der Waals surface area contributed by atoms with E-state index < -0.39 is 18.3 Å². The molecular formula is C47H93NO7. The molecule has 1 N–H and O–H groups in total. The predicted octanol–water partition coefficient (Wildman–Crippen LogP) is 13.6. The van der Waals surface area contributed by atoms with E-state index in [4.69, 9.17) is 23.7 Å². The summed E-state index contributed by atoms with van der Waals surface area (Å²) in [5.74, 6) is -0.241. The van der Waals surface area contributed by atoms with Gasteiger partial charge in [0, 0.05) is 33.3 Å². The molecule has 328 valence electrons. The lowest BCUT2D eigenvalue weighted by atomic mass is 10.0. The fourth-order valence-electron chi connectivity index (χ4n) is 6.98. The smallest absolute Gasteiger partial charge is 0.407 e. The Bertz CT molecular complexity index is 782. The van der Waals surface area contributed by atoms with Gasteiger partial charge in [-0.1, -0.05) is 200 Å². The molecule has 0 aliphatic carbocycles. The van der Waals surface area contributed by atoms with Crippen LogP contribution in [0.5, 0.6) is 0 Å². The van der Waals surface area contributed by atoms with E-state index in [9.17, 15) is 9.59 Å². The van der Waals surface area contributed by atoms with E-state index >= 15 is 0 Å². The van der Waals surface area contributed by atoms with Crippen molar-refractivity contribution in [1.82, 2.24) is 5.32 Å². The quantitative estimate of drug-likeness (QED) is 0.0485. The number of rotatable bonds is 45. The van der Waals surface area contributed by atoms with Crippen molar-refractivity contribution < 1.29 is 33.3 Å². The summed E-state index contributed by atoms with van der Waals surface area (Å²) in [4.78, 5) is 25.3. The summed E-state index contributed by atoms with van der Waals surface area (Å²) in [5, 5.41) is 2.77. The number of hydrogen-bond donors (Lipinski definition) is 1. The van der Waals surface area contributed by atoms with Crippen LogP contribution in [-0.2, 0) is 28.5 Å². The number of methoxy groups -OCH3 is 1. The lowest BCUT2D eigenvalue weighted by Crippen LogP contribution is -2.39. The van der Waals surface area contributed by atoms with Gasteiger partial charge in [0.05, 0.1) is 19.8 Å². The molecule has 0 radical (unpaired) electrons. The predicted molar refractivity (Wildman–Crippen MR) is 231 cm³/mol. The number of hydrogen-bond acceptors (Lipinski definition) is 7. The Labute approximate surface area is 341 Å². The molecule has 0 aromatic rings. The van der Waals surface area contributed by atoms with Crippen LogP contribution in [0.15, 0.2) is 0 Å². The second kappa shape index (κ2) is 45.3. The van der Waals surface area contributed by atoms with Crippen molar-refractivity contribution >= 4 is 12.1 Å². The maximum absolute atomic E-state index is 12.8. The highest BCUT2D eigenvalue weighted by atomic mass is 16.6. The number of carbonyl (C=O) groups is 2. The molecule has 0 aliphatic rings. The molecule has 1 amide bonds. The van der Waals surface area contributed by atoms with Gasteiger partial charge in [-0.05, 0) is 26.2 Å². The van der Waals surface area contributed by atoms with E-state index in [-0.39, 0.29) is 12.6 Å². The standard InChI is InChI=1S/C47H93NO7/c1-5-7-9-11-13-15-17-19-21-23-25-27-29-31-33-35-39-53-43-45(44(3)54-47(50)48-38-36-40-52-42-41-51-4)55-46(49)37-34-32-30-28-26-24-22-20-18-16-14-12-10-8-6-2/h44-45H,5-43H2,1-4H3,(H,48,50). The van der Waals surface area contributed by atoms with Gasteiger partial charge < -0.3 is 29.0 Å². The van der Waals surface area contributed by atoms with Crippen LogP contribution < -0.4 is 5.32 Å². The molecule has 2 unspecified atom stereocenters. The van der Waals surface area contributed by atoms with E-state index in [0.717, 1.165) is 32.1 Å². The van der Waals surface area contributed by atoms with Crippen LogP contribution in [0.3, 0.4) is 0 Å². The number of esters is 1. The van der Waals surface area contributed by atoms with Crippen LogP contribution in [0.1, 0.15) is 233 Å². The molecule has 0 bridgehead atoms. The first-order valence-corrected chi connectivity index (χ1v) is 23.8. The Morgan fingerprint density at radius 3 is 1.29 bits per heavy atom. The van der Waals surface area contributed by atoms with Gasteiger partial charge in [0.15, 0.2) is 6.10 Å². The van der Waals surface area contributed by atoms with Crippen LogP contribution >= 0.6 is 0 Å². The Kier molecular flexibility index (Phi) is 44.2. The fourth-order valence-corrected chi connectivity index (χ4v) is 6.98. The molecule has 2 atom stereocenters. The molecule has 0 heterocycles. The highest BCUT2D eigenvalue weighted by molar-refractivity contribution is 5.70. The van der Waals surface area contributed by atoms with Crippen molar-refractivity contribution in [2.24, 2.45) is 0 Å². The van der Waals surface area contributed by atoms with Crippen LogP contribution in [0.4, 0.5) is 4.79 Å². The van der Waals surface area contributed by atoms with Crippen molar-refractivity contribution in [3.8, 4) is 0 Å². The number of alkyl carbamates (subject to hydrolysis) is 1. The Balaban J connectivity index is 4.22. The molecule has 0 aliphatic heterocycles. The van der Waals surface area contributed by atoms with Gasteiger partial charge in [0.25, 0.3) is 0 Å². The number of amides is 1. The zero-order chi connectivity index (χ0) is 40.1. The van der Waals surface area contributed by atoms with Crippen molar-refractivity contribution in [2.45, 2.75) is 245 Å². The average molecular weight is 784 g/mol. The Hall–Kier alpha value is -1.38. The lowest BCUT2D eigenvalue weighted by Gasteiger charge is -2.24. The topological polar surface area (TPSA) is 92.3 Å². The minimum Gasteiger partial charge on any atom is -0.456 e. The number of unbranched alkanes of at least 4 members (excludes halogenated alkanes) is 29. The summed E-state index contributed by atoms with van der Waals surface area (Å²) < 4.78 is 27.9. The maximum atomic E-state index is 12.8. The SMILES string of the molecule is CCCCCCCCCCCCCCCCCCOCC(OC(=O)CCCCCCCCCCCCCCCCC)C(C)OC(=O)NCCCOCCOC. The molecule has 8 heteroatoms. The van der Waals surface area contributed by atoms with Crippen LogP contribution in [0.2, 0.25) is 0 Å². The molecule has 0 aromatic carbocycles. The molecule has 0 saturated heterocycles. The zero-order valence-corrected chi connectivity index (χ0v) is 37.1. The molecule has 0 aromatic heterocycles. The second-order valence-corrected chi connectivity index (χ2v) is 16.1. The number of nitrogens with one attached hydrogen (secondary N) is 1. The summed E-state index contributed by atoms with van der Waals surface area (Å²) in [6, 6.07) is 0. The lowest BCUT2D eigenvalue weighted by molar-refractivity contribution is -0.159. The van der Waals surface area contributed by atoms with Gasteiger partial charge >= 0.3 is 12.1 Å². The Morgan fingerprint density at radius 2 is 0.855 bits per heavy atom. The maximum Gasteiger partial charge on any atom is 0.407 e. The molecule has 8 nitrogen and oxygen atoms in total. The normalized spacial score (nSPS) is 12.5. The summed E-state index contributed by atoms with van der Waals surface area (Å²) in [5.41, 5.74) is 0. The minimum atomic E-state index is -0.631. The molecular weight excluding hydrogens is 691 g/mol. The Morgan fingerprint density at radius 1 is 0.455 bits per heavy atom. The highest BCUT2D eigenvalue weighted by Gasteiger charge is 2.25. The van der Waals surface area contributed by atoms with E-state index in [1.54, 1.807) is 14.0 Å². The van der Waals surface area contributed by atoms with Gasteiger partial charge in [0.1, 0.15) is 6.10 Å².